The fraction of sp³-hybridized carbons (Fsp3) is 1.00. The minimum absolute atomic E-state index is 0.00731. The molecule has 0 aromatic carbocycles. The van der Waals surface area contributed by atoms with Crippen molar-refractivity contribution in [1.82, 2.24) is 0 Å². The average molecular weight is 202 g/mol. The van der Waals surface area contributed by atoms with Crippen molar-refractivity contribution in [2.45, 2.75) is 50.8 Å². The van der Waals surface area contributed by atoms with Gasteiger partial charge in [-0.2, -0.15) is 0 Å². The van der Waals surface area contributed by atoms with Crippen molar-refractivity contribution in [3.63, 3.8) is 0 Å². The summed E-state index contributed by atoms with van der Waals surface area (Å²) >= 11 is 0. The predicted molar refractivity (Wildman–Crippen MR) is 50.1 cm³/mol. The van der Waals surface area contributed by atoms with Crippen molar-refractivity contribution in [1.29, 1.82) is 0 Å². The van der Waals surface area contributed by atoms with E-state index in [1.807, 2.05) is 6.92 Å². The first-order valence-corrected chi connectivity index (χ1v) is 5.29. The lowest BCUT2D eigenvalue weighted by Gasteiger charge is -2.20. The molecule has 2 rings (SSSR count). The molecule has 4 nitrogen and oxygen atoms in total. The Hall–Kier alpha value is -0.160. The second-order valence-electron chi connectivity index (χ2n) is 4.06. The molecule has 14 heavy (non-hydrogen) atoms. The van der Waals surface area contributed by atoms with Crippen molar-refractivity contribution < 1.29 is 19.3 Å². The quantitative estimate of drug-likeness (QED) is 0.716. The lowest BCUT2D eigenvalue weighted by Crippen LogP contribution is -2.34. The van der Waals surface area contributed by atoms with Crippen LogP contribution in [-0.4, -0.2) is 48.8 Å². The van der Waals surface area contributed by atoms with E-state index in [1.54, 1.807) is 0 Å². The number of aliphatic hydroxyl groups is 1. The second-order valence-corrected chi connectivity index (χ2v) is 4.06. The summed E-state index contributed by atoms with van der Waals surface area (Å²) in [6.45, 7) is 5.04. The van der Waals surface area contributed by atoms with E-state index in [-0.39, 0.29) is 24.4 Å². The van der Waals surface area contributed by atoms with Gasteiger partial charge in [-0.25, -0.2) is 0 Å². The van der Waals surface area contributed by atoms with Gasteiger partial charge in [0.15, 0.2) is 0 Å². The summed E-state index contributed by atoms with van der Waals surface area (Å²) in [5.41, 5.74) is 0. The zero-order chi connectivity index (χ0) is 10.1. The molecule has 82 valence electrons. The van der Waals surface area contributed by atoms with Crippen LogP contribution in [0.25, 0.3) is 0 Å². The molecule has 2 aliphatic heterocycles. The number of ether oxygens (including phenoxy) is 3. The Morgan fingerprint density at radius 3 is 2.79 bits per heavy atom. The van der Waals surface area contributed by atoms with Crippen LogP contribution in [0.4, 0.5) is 0 Å². The number of hydrogen-bond acceptors (Lipinski definition) is 4. The number of rotatable bonds is 3. The van der Waals surface area contributed by atoms with E-state index >= 15 is 0 Å². The summed E-state index contributed by atoms with van der Waals surface area (Å²) in [7, 11) is 0. The van der Waals surface area contributed by atoms with Crippen LogP contribution in [0.15, 0.2) is 0 Å². The molecule has 1 N–H and O–H groups in total. The van der Waals surface area contributed by atoms with Crippen molar-refractivity contribution in [2.24, 2.45) is 0 Å². The Morgan fingerprint density at radius 1 is 1.36 bits per heavy atom. The van der Waals surface area contributed by atoms with Crippen molar-refractivity contribution in [2.75, 3.05) is 13.2 Å². The number of fused-ring (bicyclic) bond motifs is 1. The molecule has 2 aliphatic rings. The Labute approximate surface area is 84.1 Å². The van der Waals surface area contributed by atoms with Crippen LogP contribution in [0, 0.1) is 0 Å². The van der Waals surface area contributed by atoms with Gasteiger partial charge in [0.2, 0.25) is 0 Å². The van der Waals surface area contributed by atoms with Crippen molar-refractivity contribution in [3.05, 3.63) is 0 Å². The maximum atomic E-state index is 9.50. The second kappa shape index (κ2) is 4.14. The normalized spacial score (nSPS) is 43.9. The predicted octanol–water partition coefficient (Wildman–Crippen LogP) is 0.329. The van der Waals surface area contributed by atoms with E-state index in [2.05, 4.69) is 6.92 Å². The molecular formula is C10H18O4. The maximum Gasteiger partial charge on any atom is 0.115 e. The summed E-state index contributed by atoms with van der Waals surface area (Å²) in [4.78, 5) is 0. The molecular weight excluding hydrogens is 184 g/mol. The number of aliphatic hydroxyl groups excluding tert-OH is 1. The van der Waals surface area contributed by atoms with E-state index in [1.165, 1.54) is 0 Å². The third-order valence-electron chi connectivity index (χ3n) is 2.96. The SMILES string of the molecule is CCC(C)OC1COC2C(O)COC12. The molecule has 0 amide bonds. The molecule has 0 aromatic heterocycles. The Morgan fingerprint density at radius 2 is 2.07 bits per heavy atom. The highest BCUT2D eigenvalue weighted by atomic mass is 16.6. The minimum Gasteiger partial charge on any atom is -0.388 e. The van der Waals surface area contributed by atoms with Gasteiger partial charge in [0, 0.05) is 0 Å². The zero-order valence-corrected chi connectivity index (χ0v) is 8.68. The molecule has 0 bridgehead atoms. The molecule has 5 atom stereocenters. The molecule has 0 saturated carbocycles. The van der Waals surface area contributed by atoms with E-state index < -0.39 is 6.10 Å². The molecule has 0 aliphatic carbocycles. The van der Waals surface area contributed by atoms with Crippen LogP contribution in [0.3, 0.4) is 0 Å². The van der Waals surface area contributed by atoms with E-state index in [4.69, 9.17) is 14.2 Å². The molecule has 5 unspecified atom stereocenters. The minimum atomic E-state index is -0.481. The number of hydrogen-bond donors (Lipinski definition) is 1. The summed E-state index contributed by atoms with van der Waals surface area (Å²) < 4.78 is 16.7. The first-order chi connectivity index (χ1) is 6.72. The first kappa shape index (κ1) is 10.4. The fourth-order valence-electron chi connectivity index (χ4n) is 1.96. The smallest absolute Gasteiger partial charge is 0.115 e. The van der Waals surface area contributed by atoms with E-state index in [9.17, 15) is 5.11 Å². The van der Waals surface area contributed by atoms with E-state index in [0.717, 1.165) is 6.42 Å². The summed E-state index contributed by atoms with van der Waals surface area (Å²) in [6, 6.07) is 0. The van der Waals surface area contributed by atoms with Crippen molar-refractivity contribution >= 4 is 0 Å². The first-order valence-electron chi connectivity index (χ1n) is 5.29. The topological polar surface area (TPSA) is 47.9 Å². The van der Waals surface area contributed by atoms with Crippen LogP contribution in [0.5, 0.6) is 0 Å². The summed E-state index contributed by atoms with van der Waals surface area (Å²) in [5.74, 6) is 0. The highest BCUT2D eigenvalue weighted by Gasteiger charge is 2.47. The Kier molecular flexibility index (Phi) is 3.07. The third-order valence-corrected chi connectivity index (χ3v) is 2.96. The lowest BCUT2D eigenvalue weighted by molar-refractivity contribution is -0.0671. The standard InChI is InChI=1S/C10H18O4/c1-3-6(2)14-8-5-13-9-7(11)4-12-10(8)9/h6-11H,3-5H2,1-2H3. The molecule has 0 radical (unpaired) electrons. The van der Waals surface area contributed by atoms with E-state index in [0.29, 0.717) is 13.2 Å². The van der Waals surface area contributed by atoms with Gasteiger partial charge in [-0.05, 0) is 13.3 Å². The monoisotopic (exact) mass is 202 g/mol. The highest BCUT2D eigenvalue weighted by Crippen LogP contribution is 2.29. The lowest BCUT2D eigenvalue weighted by atomic mass is 10.1. The molecule has 2 fully saturated rings. The van der Waals surface area contributed by atoms with Crippen LogP contribution < -0.4 is 0 Å². The maximum absolute atomic E-state index is 9.50. The van der Waals surface area contributed by atoms with Crippen LogP contribution in [0.2, 0.25) is 0 Å². The summed E-state index contributed by atoms with van der Waals surface area (Å²) in [5, 5.41) is 9.50. The largest absolute Gasteiger partial charge is 0.388 e. The fourth-order valence-corrected chi connectivity index (χ4v) is 1.96. The van der Waals surface area contributed by atoms with Gasteiger partial charge >= 0.3 is 0 Å². The summed E-state index contributed by atoms with van der Waals surface area (Å²) in [6.07, 6.45) is 0.473. The third kappa shape index (κ3) is 1.80. The molecule has 2 saturated heterocycles. The van der Waals surface area contributed by atoms with Gasteiger partial charge < -0.3 is 19.3 Å². The Bertz CT molecular complexity index is 197. The van der Waals surface area contributed by atoms with Crippen molar-refractivity contribution in [3.8, 4) is 0 Å². The van der Waals surface area contributed by atoms with Gasteiger partial charge in [-0.1, -0.05) is 6.92 Å². The average Bonchev–Trinajstić information content (AvgIpc) is 2.72. The molecule has 4 heteroatoms. The van der Waals surface area contributed by atoms with Crippen LogP contribution in [0.1, 0.15) is 20.3 Å². The zero-order valence-electron chi connectivity index (χ0n) is 8.68. The molecule has 2 heterocycles. The Balaban J connectivity index is 1.90. The van der Waals surface area contributed by atoms with Crippen LogP contribution >= 0.6 is 0 Å². The van der Waals surface area contributed by atoms with Gasteiger partial charge in [-0.15, -0.1) is 0 Å². The van der Waals surface area contributed by atoms with Gasteiger partial charge in [0.25, 0.3) is 0 Å². The molecule has 0 spiro atoms. The highest BCUT2D eigenvalue weighted by molar-refractivity contribution is 4.95. The van der Waals surface area contributed by atoms with Gasteiger partial charge in [0.1, 0.15) is 24.4 Å². The van der Waals surface area contributed by atoms with Gasteiger partial charge in [-0.3, -0.25) is 0 Å². The van der Waals surface area contributed by atoms with Gasteiger partial charge in [0.05, 0.1) is 19.3 Å². The van der Waals surface area contributed by atoms with Crippen LogP contribution in [-0.2, 0) is 14.2 Å². The molecule has 0 aromatic rings.